The van der Waals surface area contributed by atoms with Crippen molar-refractivity contribution in [3.05, 3.63) is 0 Å². The van der Waals surface area contributed by atoms with Crippen LogP contribution >= 0.6 is 0 Å². The molecule has 0 aromatic carbocycles. The molecule has 0 aromatic heterocycles. The maximum absolute atomic E-state index is 2.70. The minimum Gasteiger partial charge on any atom is -0.300 e. The van der Waals surface area contributed by atoms with Gasteiger partial charge in [0.05, 0.1) is 0 Å². The van der Waals surface area contributed by atoms with Crippen molar-refractivity contribution in [2.45, 2.75) is 45.6 Å². The van der Waals surface area contributed by atoms with Crippen molar-refractivity contribution >= 4 is 0 Å². The van der Waals surface area contributed by atoms with Crippen molar-refractivity contribution in [2.24, 2.45) is 5.41 Å². The molecule has 0 bridgehead atoms. The minimum absolute atomic E-state index is 0.606. The summed E-state index contributed by atoms with van der Waals surface area (Å²) < 4.78 is 0. The van der Waals surface area contributed by atoms with Crippen LogP contribution in [0.2, 0.25) is 0 Å². The first-order chi connectivity index (χ1) is 5.17. The lowest BCUT2D eigenvalue weighted by atomic mass is 9.89. The lowest BCUT2D eigenvalue weighted by molar-refractivity contribution is 0.193. The molecule has 2 fully saturated rings. The summed E-state index contributed by atoms with van der Waals surface area (Å²) in [6.07, 6.45) is 5.81. The van der Waals surface area contributed by atoms with Gasteiger partial charge >= 0.3 is 0 Å². The topological polar surface area (TPSA) is 3.24 Å². The summed E-state index contributed by atoms with van der Waals surface area (Å²) in [5.74, 6) is 0. The molecule has 2 rings (SSSR count). The zero-order valence-electron chi connectivity index (χ0n) is 7.77. The molecule has 0 aliphatic carbocycles. The molecular formula is C10H19N. The largest absolute Gasteiger partial charge is 0.300 e. The third kappa shape index (κ3) is 1.44. The fourth-order valence-corrected chi connectivity index (χ4v) is 2.75. The van der Waals surface area contributed by atoms with Gasteiger partial charge in [-0.05, 0) is 31.2 Å². The highest BCUT2D eigenvalue weighted by Crippen LogP contribution is 2.37. The Hall–Kier alpha value is -0.0400. The molecule has 2 heterocycles. The van der Waals surface area contributed by atoms with E-state index in [4.69, 9.17) is 0 Å². The molecule has 0 aromatic rings. The molecule has 64 valence electrons. The van der Waals surface area contributed by atoms with E-state index >= 15 is 0 Å². The van der Waals surface area contributed by atoms with Crippen LogP contribution in [-0.4, -0.2) is 24.0 Å². The standard InChI is InChI=1S/C10H19N/c1-10(2)7-9-5-3-4-6-11(9)8-10/h9H,3-8H2,1-2H3. The average Bonchev–Trinajstić information content (AvgIpc) is 2.21. The third-order valence-electron chi connectivity index (χ3n) is 3.17. The fraction of sp³-hybridized carbons (Fsp3) is 1.00. The first-order valence-corrected chi connectivity index (χ1v) is 4.91. The SMILES string of the molecule is CC1(C)CC2CCCCN2C1. The molecule has 2 saturated heterocycles. The summed E-state index contributed by atoms with van der Waals surface area (Å²) in [4.78, 5) is 2.70. The van der Waals surface area contributed by atoms with E-state index < -0.39 is 0 Å². The van der Waals surface area contributed by atoms with Gasteiger partial charge in [0.15, 0.2) is 0 Å². The molecule has 1 atom stereocenters. The first kappa shape index (κ1) is 7.60. The normalized spacial score (nSPS) is 37.1. The van der Waals surface area contributed by atoms with Gasteiger partial charge in [-0.15, -0.1) is 0 Å². The van der Waals surface area contributed by atoms with E-state index in [1.165, 1.54) is 38.8 Å². The molecule has 2 aliphatic heterocycles. The van der Waals surface area contributed by atoms with Gasteiger partial charge in [0.2, 0.25) is 0 Å². The van der Waals surface area contributed by atoms with Crippen LogP contribution in [0.3, 0.4) is 0 Å². The predicted octanol–water partition coefficient (Wildman–Crippen LogP) is 2.27. The molecule has 11 heavy (non-hydrogen) atoms. The number of nitrogens with zero attached hydrogens (tertiary/aromatic N) is 1. The highest BCUT2D eigenvalue weighted by Gasteiger charge is 2.37. The number of rotatable bonds is 0. The van der Waals surface area contributed by atoms with Crippen LogP contribution in [-0.2, 0) is 0 Å². The van der Waals surface area contributed by atoms with Crippen LogP contribution in [0.1, 0.15) is 39.5 Å². The summed E-state index contributed by atoms with van der Waals surface area (Å²) in [6, 6.07) is 0.943. The second-order valence-corrected chi connectivity index (χ2v) is 4.99. The van der Waals surface area contributed by atoms with E-state index in [0.29, 0.717) is 5.41 Å². The number of hydrogen-bond acceptors (Lipinski definition) is 1. The van der Waals surface area contributed by atoms with Gasteiger partial charge in [-0.25, -0.2) is 0 Å². The summed E-state index contributed by atoms with van der Waals surface area (Å²) in [5.41, 5.74) is 0.606. The molecule has 1 unspecified atom stereocenters. The summed E-state index contributed by atoms with van der Waals surface area (Å²) >= 11 is 0. The summed E-state index contributed by atoms with van der Waals surface area (Å²) in [7, 11) is 0. The van der Waals surface area contributed by atoms with Crippen molar-refractivity contribution in [3.63, 3.8) is 0 Å². The van der Waals surface area contributed by atoms with Gasteiger partial charge in [0.1, 0.15) is 0 Å². The number of piperidine rings is 1. The monoisotopic (exact) mass is 153 g/mol. The molecule has 1 nitrogen and oxygen atoms in total. The van der Waals surface area contributed by atoms with Gasteiger partial charge in [-0.3, -0.25) is 4.90 Å². The second-order valence-electron chi connectivity index (χ2n) is 4.99. The van der Waals surface area contributed by atoms with Gasteiger partial charge < -0.3 is 0 Å². The van der Waals surface area contributed by atoms with Gasteiger partial charge in [-0.1, -0.05) is 20.3 Å². The van der Waals surface area contributed by atoms with Crippen molar-refractivity contribution < 1.29 is 0 Å². The van der Waals surface area contributed by atoms with E-state index in [1.54, 1.807) is 0 Å². The third-order valence-corrected chi connectivity index (χ3v) is 3.17. The average molecular weight is 153 g/mol. The van der Waals surface area contributed by atoms with E-state index in [9.17, 15) is 0 Å². The van der Waals surface area contributed by atoms with Crippen LogP contribution in [0.5, 0.6) is 0 Å². The van der Waals surface area contributed by atoms with E-state index in [0.717, 1.165) is 6.04 Å². The van der Waals surface area contributed by atoms with Gasteiger partial charge in [0.25, 0.3) is 0 Å². The molecule has 1 heteroatoms. The Morgan fingerprint density at radius 2 is 2.09 bits per heavy atom. The van der Waals surface area contributed by atoms with Crippen molar-refractivity contribution in [1.29, 1.82) is 0 Å². The van der Waals surface area contributed by atoms with Crippen LogP contribution in [0.15, 0.2) is 0 Å². The van der Waals surface area contributed by atoms with Crippen molar-refractivity contribution in [1.82, 2.24) is 4.90 Å². The van der Waals surface area contributed by atoms with Crippen LogP contribution in [0.25, 0.3) is 0 Å². The maximum atomic E-state index is 2.70. The molecule has 0 spiro atoms. The Morgan fingerprint density at radius 1 is 1.27 bits per heavy atom. The smallest absolute Gasteiger partial charge is 0.0101 e. The molecule has 0 amide bonds. The zero-order valence-corrected chi connectivity index (χ0v) is 7.77. The Balaban J connectivity index is 2.03. The minimum atomic E-state index is 0.606. The van der Waals surface area contributed by atoms with Crippen LogP contribution in [0, 0.1) is 5.41 Å². The molecule has 0 N–H and O–H groups in total. The first-order valence-electron chi connectivity index (χ1n) is 4.91. The van der Waals surface area contributed by atoms with Crippen molar-refractivity contribution in [3.8, 4) is 0 Å². The Bertz CT molecular complexity index is 135. The molecule has 2 aliphatic rings. The maximum Gasteiger partial charge on any atom is 0.0101 e. The molecule has 0 radical (unpaired) electrons. The van der Waals surface area contributed by atoms with Crippen LogP contribution in [0.4, 0.5) is 0 Å². The Kier molecular flexibility index (Phi) is 1.71. The lowest BCUT2D eigenvalue weighted by Gasteiger charge is -2.28. The lowest BCUT2D eigenvalue weighted by Crippen LogP contribution is -2.34. The summed E-state index contributed by atoms with van der Waals surface area (Å²) in [5, 5.41) is 0. The Labute approximate surface area is 69.8 Å². The quantitative estimate of drug-likeness (QED) is 0.516. The number of fused-ring (bicyclic) bond motifs is 1. The van der Waals surface area contributed by atoms with E-state index in [-0.39, 0.29) is 0 Å². The predicted molar refractivity (Wildman–Crippen MR) is 47.6 cm³/mol. The highest BCUT2D eigenvalue weighted by molar-refractivity contribution is 4.92. The molecular weight excluding hydrogens is 134 g/mol. The van der Waals surface area contributed by atoms with E-state index in [2.05, 4.69) is 18.7 Å². The van der Waals surface area contributed by atoms with E-state index in [1.807, 2.05) is 0 Å². The van der Waals surface area contributed by atoms with Crippen LogP contribution < -0.4 is 0 Å². The number of hydrogen-bond donors (Lipinski definition) is 0. The second kappa shape index (κ2) is 2.48. The molecule has 0 saturated carbocycles. The summed E-state index contributed by atoms with van der Waals surface area (Å²) in [6.45, 7) is 7.53. The highest BCUT2D eigenvalue weighted by atomic mass is 15.2. The van der Waals surface area contributed by atoms with Crippen molar-refractivity contribution in [2.75, 3.05) is 13.1 Å². The van der Waals surface area contributed by atoms with Gasteiger partial charge in [0, 0.05) is 12.6 Å². The fourth-order valence-electron chi connectivity index (χ4n) is 2.75. The Morgan fingerprint density at radius 3 is 2.82 bits per heavy atom. The van der Waals surface area contributed by atoms with Gasteiger partial charge in [-0.2, -0.15) is 0 Å². The zero-order chi connectivity index (χ0) is 7.90.